The highest BCUT2D eigenvalue weighted by Gasteiger charge is 2.28. The lowest BCUT2D eigenvalue weighted by Gasteiger charge is -2.15. The number of nitrogens with zero attached hydrogens (tertiary/aromatic N) is 1. The number of nitriles is 1. The van der Waals surface area contributed by atoms with E-state index in [0.717, 1.165) is 0 Å². The molecule has 2 N–H and O–H groups in total. The van der Waals surface area contributed by atoms with Crippen molar-refractivity contribution in [3.63, 3.8) is 0 Å². The number of carbonyl (C=O) groups excluding carboxylic acids is 1. The number of anilines is 1. The standard InChI is InChI=1S/C15H18F3N3O3/c1-10(5-6-23-2)20-14(22)21-12-3-4-13(11(7-12)8-19)24-9-15(16,17)18/h3-4,7,10H,5-6,9H2,1-2H3,(H2,20,21,22)/t10-/m0/s1. The van der Waals surface area contributed by atoms with Gasteiger partial charge in [0.25, 0.3) is 0 Å². The van der Waals surface area contributed by atoms with Crippen LogP contribution in [0.3, 0.4) is 0 Å². The summed E-state index contributed by atoms with van der Waals surface area (Å²) in [6.07, 6.45) is -3.88. The predicted molar refractivity (Wildman–Crippen MR) is 80.8 cm³/mol. The van der Waals surface area contributed by atoms with Gasteiger partial charge in [-0.1, -0.05) is 0 Å². The summed E-state index contributed by atoms with van der Waals surface area (Å²) in [5, 5.41) is 14.2. The van der Waals surface area contributed by atoms with Gasteiger partial charge in [-0.3, -0.25) is 0 Å². The van der Waals surface area contributed by atoms with Crippen molar-refractivity contribution in [2.75, 3.05) is 25.6 Å². The van der Waals surface area contributed by atoms with E-state index in [1.165, 1.54) is 18.2 Å². The van der Waals surface area contributed by atoms with E-state index in [2.05, 4.69) is 15.4 Å². The average molecular weight is 345 g/mol. The van der Waals surface area contributed by atoms with Crippen LogP contribution in [0.4, 0.5) is 23.7 Å². The molecular formula is C15H18F3N3O3. The van der Waals surface area contributed by atoms with Crippen LogP contribution in [0.15, 0.2) is 18.2 Å². The summed E-state index contributed by atoms with van der Waals surface area (Å²) in [5.74, 6) is -0.200. The van der Waals surface area contributed by atoms with Crippen molar-refractivity contribution in [3.8, 4) is 11.8 Å². The van der Waals surface area contributed by atoms with Crippen molar-refractivity contribution in [1.82, 2.24) is 5.32 Å². The Balaban J connectivity index is 2.67. The van der Waals surface area contributed by atoms with Gasteiger partial charge in [0.05, 0.1) is 5.56 Å². The number of benzene rings is 1. The predicted octanol–water partition coefficient (Wildman–Crippen LogP) is 3.05. The molecule has 0 radical (unpaired) electrons. The number of ether oxygens (including phenoxy) is 2. The maximum atomic E-state index is 12.2. The lowest BCUT2D eigenvalue weighted by molar-refractivity contribution is -0.153. The van der Waals surface area contributed by atoms with Gasteiger partial charge in [-0.15, -0.1) is 0 Å². The van der Waals surface area contributed by atoms with Gasteiger partial charge in [0.1, 0.15) is 11.8 Å². The summed E-state index contributed by atoms with van der Waals surface area (Å²) in [5.41, 5.74) is 0.159. The van der Waals surface area contributed by atoms with Gasteiger partial charge in [0.15, 0.2) is 6.61 Å². The van der Waals surface area contributed by atoms with E-state index < -0.39 is 18.8 Å². The van der Waals surface area contributed by atoms with Gasteiger partial charge in [0.2, 0.25) is 0 Å². The van der Waals surface area contributed by atoms with Gasteiger partial charge >= 0.3 is 12.2 Å². The largest absolute Gasteiger partial charge is 0.483 e. The van der Waals surface area contributed by atoms with E-state index in [4.69, 9.17) is 10.00 Å². The van der Waals surface area contributed by atoms with E-state index in [0.29, 0.717) is 13.0 Å². The number of urea groups is 1. The second-order valence-corrected chi connectivity index (χ2v) is 5.01. The quantitative estimate of drug-likeness (QED) is 0.796. The number of carbonyl (C=O) groups is 1. The molecule has 0 unspecified atom stereocenters. The maximum Gasteiger partial charge on any atom is 0.422 e. The lowest BCUT2D eigenvalue weighted by Crippen LogP contribution is -2.36. The van der Waals surface area contributed by atoms with Gasteiger partial charge in [-0.25, -0.2) is 4.79 Å². The molecule has 0 aromatic heterocycles. The molecule has 0 aliphatic carbocycles. The number of methoxy groups -OCH3 is 1. The summed E-state index contributed by atoms with van der Waals surface area (Å²) in [4.78, 5) is 11.8. The molecule has 6 nitrogen and oxygen atoms in total. The first-order chi connectivity index (χ1) is 11.2. The van der Waals surface area contributed by atoms with Gasteiger partial charge < -0.3 is 20.1 Å². The van der Waals surface area contributed by atoms with Gasteiger partial charge in [-0.05, 0) is 31.5 Å². The van der Waals surface area contributed by atoms with Crippen LogP contribution in [0.2, 0.25) is 0 Å². The topological polar surface area (TPSA) is 83.4 Å². The van der Waals surface area contributed by atoms with Gasteiger partial charge in [-0.2, -0.15) is 18.4 Å². The fourth-order valence-corrected chi connectivity index (χ4v) is 1.74. The molecule has 24 heavy (non-hydrogen) atoms. The minimum Gasteiger partial charge on any atom is -0.483 e. The SMILES string of the molecule is COCC[C@H](C)NC(=O)Nc1ccc(OCC(F)(F)F)c(C#N)c1. The third-order valence-electron chi connectivity index (χ3n) is 2.88. The molecule has 0 saturated heterocycles. The number of alkyl halides is 3. The van der Waals surface area contributed by atoms with Crippen molar-refractivity contribution < 1.29 is 27.4 Å². The Morgan fingerprint density at radius 3 is 2.71 bits per heavy atom. The highest BCUT2D eigenvalue weighted by Crippen LogP contribution is 2.24. The van der Waals surface area contributed by atoms with E-state index in [9.17, 15) is 18.0 Å². The lowest BCUT2D eigenvalue weighted by atomic mass is 10.2. The molecule has 0 aliphatic heterocycles. The highest BCUT2D eigenvalue weighted by atomic mass is 19.4. The van der Waals surface area contributed by atoms with E-state index in [1.807, 2.05) is 0 Å². The molecule has 0 heterocycles. The fourth-order valence-electron chi connectivity index (χ4n) is 1.74. The highest BCUT2D eigenvalue weighted by molar-refractivity contribution is 5.89. The molecular weight excluding hydrogens is 327 g/mol. The first kappa shape index (κ1) is 19.6. The van der Waals surface area contributed by atoms with Crippen LogP contribution < -0.4 is 15.4 Å². The van der Waals surface area contributed by atoms with Crippen LogP contribution in [0.25, 0.3) is 0 Å². The normalized spacial score (nSPS) is 12.2. The van der Waals surface area contributed by atoms with Crippen molar-refractivity contribution in [3.05, 3.63) is 23.8 Å². The summed E-state index contributed by atoms with van der Waals surface area (Å²) in [7, 11) is 1.55. The van der Waals surface area contributed by atoms with Crippen LogP contribution >= 0.6 is 0 Å². The number of halogens is 3. The molecule has 0 spiro atoms. The zero-order valence-electron chi connectivity index (χ0n) is 13.2. The minimum atomic E-state index is -4.50. The smallest absolute Gasteiger partial charge is 0.422 e. The number of hydrogen-bond acceptors (Lipinski definition) is 4. The van der Waals surface area contributed by atoms with E-state index >= 15 is 0 Å². The molecule has 0 saturated carbocycles. The second kappa shape index (κ2) is 8.98. The first-order valence-electron chi connectivity index (χ1n) is 7.05. The Morgan fingerprint density at radius 2 is 2.12 bits per heavy atom. The minimum absolute atomic E-state index is 0.107. The van der Waals surface area contributed by atoms with E-state index in [1.54, 1.807) is 20.1 Å². The molecule has 2 amide bonds. The number of amides is 2. The monoisotopic (exact) mass is 345 g/mol. The molecule has 1 atom stereocenters. The molecule has 1 aromatic carbocycles. The summed E-state index contributed by atoms with van der Waals surface area (Å²) < 4.78 is 45.9. The second-order valence-electron chi connectivity index (χ2n) is 5.01. The molecule has 132 valence electrons. The Kier molecular flexibility index (Phi) is 7.32. The van der Waals surface area contributed by atoms with Crippen LogP contribution in [-0.2, 0) is 4.74 Å². The van der Waals surface area contributed by atoms with Crippen LogP contribution in [0, 0.1) is 11.3 Å². The number of rotatable bonds is 7. The van der Waals surface area contributed by atoms with Crippen LogP contribution in [-0.4, -0.2) is 38.6 Å². The van der Waals surface area contributed by atoms with Crippen LogP contribution in [0.5, 0.6) is 5.75 Å². The zero-order valence-corrected chi connectivity index (χ0v) is 13.2. The molecule has 1 rings (SSSR count). The van der Waals surface area contributed by atoms with Gasteiger partial charge in [0, 0.05) is 25.4 Å². The number of hydrogen-bond donors (Lipinski definition) is 2. The third kappa shape index (κ3) is 7.19. The molecule has 9 heteroatoms. The molecule has 0 fully saturated rings. The van der Waals surface area contributed by atoms with Crippen molar-refractivity contribution in [2.45, 2.75) is 25.6 Å². The van der Waals surface area contributed by atoms with E-state index in [-0.39, 0.29) is 23.0 Å². The summed E-state index contributed by atoms with van der Waals surface area (Å²) >= 11 is 0. The Bertz CT molecular complexity index is 600. The summed E-state index contributed by atoms with van der Waals surface area (Å²) in [6.45, 7) is 0.796. The first-order valence-corrected chi connectivity index (χ1v) is 7.05. The molecule has 1 aromatic rings. The fraction of sp³-hybridized carbons (Fsp3) is 0.467. The average Bonchev–Trinajstić information content (AvgIpc) is 2.50. The number of nitrogens with one attached hydrogen (secondary N) is 2. The van der Waals surface area contributed by atoms with Crippen LogP contribution in [0.1, 0.15) is 18.9 Å². The Hall–Kier alpha value is -2.47. The molecule has 0 bridgehead atoms. The third-order valence-corrected chi connectivity index (χ3v) is 2.88. The van der Waals surface area contributed by atoms with Crippen molar-refractivity contribution in [2.24, 2.45) is 0 Å². The maximum absolute atomic E-state index is 12.2. The van der Waals surface area contributed by atoms with Crippen molar-refractivity contribution in [1.29, 1.82) is 5.26 Å². The van der Waals surface area contributed by atoms with Crippen molar-refractivity contribution >= 4 is 11.7 Å². The zero-order chi connectivity index (χ0) is 18.2. The Morgan fingerprint density at radius 1 is 1.42 bits per heavy atom. The molecule has 0 aliphatic rings. The summed E-state index contributed by atoms with van der Waals surface area (Å²) in [6, 6.07) is 4.91. The Labute approximate surface area is 137 Å².